The number of hydrogen-bond acceptors (Lipinski definition) is 4. The van der Waals surface area contributed by atoms with E-state index in [2.05, 4.69) is 22.4 Å². The monoisotopic (exact) mass is 465 g/mol. The first-order valence-corrected chi connectivity index (χ1v) is 9.73. The van der Waals surface area contributed by atoms with Crippen LogP contribution < -0.4 is 10.6 Å². The lowest BCUT2D eigenvalue weighted by Crippen LogP contribution is -2.41. The van der Waals surface area contributed by atoms with Crippen molar-refractivity contribution < 1.29 is 9.15 Å². The molecule has 7 heteroatoms. The third-order valence-electron chi connectivity index (χ3n) is 4.24. The number of nitrogens with one attached hydrogen (secondary N) is 2. The van der Waals surface area contributed by atoms with Crippen LogP contribution in [0.1, 0.15) is 31.4 Å². The van der Waals surface area contributed by atoms with Gasteiger partial charge in [-0.2, -0.15) is 11.8 Å². The summed E-state index contributed by atoms with van der Waals surface area (Å²) in [4.78, 5) is 4.72. The molecule has 1 aromatic heterocycles. The Balaban J connectivity index is 0.00000208. The van der Waals surface area contributed by atoms with E-state index in [0.29, 0.717) is 6.10 Å². The summed E-state index contributed by atoms with van der Waals surface area (Å²) in [5, 5.41) is 7.64. The van der Waals surface area contributed by atoms with Gasteiger partial charge in [0.25, 0.3) is 0 Å². The molecule has 2 aliphatic heterocycles. The predicted octanol–water partition coefficient (Wildman–Crippen LogP) is 3.05. The topological polar surface area (TPSA) is 58.8 Å². The van der Waals surface area contributed by atoms with Gasteiger partial charge < -0.3 is 19.8 Å². The van der Waals surface area contributed by atoms with Crippen molar-refractivity contribution in [1.82, 2.24) is 10.6 Å². The fraction of sp³-hybridized carbons (Fsp3) is 0.706. The summed E-state index contributed by atoms with van der Waals surface area (Å²) in [5.41, 5.74) is 0. The Morgan fingerprint density at radius 3 is 2.96 bits per heavy atom. The van der Waals surface area contributed by atoms with Gasteiger partial charge >= 0.3 is 0 Å². The molecule has 1 aromatic rings. The molecule has 2 aliphatic rings. The average molecular weight is 465 g/mol. The standard InChI is InChI=1S/C17H27N3O2S.HI/c1-4-14(21-9-1)7-8-18-17(19-12-15-5-2-10-22-15)20-13-16-6-3-11-23-16;/h1,4,9,15-16H,2-3,5-8,10-13H2,(H2,18,19,20);1H. The summed E-state index contributed by atoms with van der Waals surface area (Å²) >= 11 is 2.06. The maximum absolute atomic E-state index is 5.66. The number of hydrogen-bond donors (Lipinski definition) is 2. The smallest absolute Gasteiger partial charge is 0.191 e. The van der Waals surface area contributed by atoms with Crippen molar-refractivity contribution in [2.24, 2.45) is 4.99 Å². The highest BCUT2D eigenvalue weighted by atomic mass is 127. The van der Waals surface area contributed by atoms with Crippen LogP contribution >= 0.6 is 35.7 Å². The predicted molar refractivity (Wildman–Crippen MR) is 111 cm³/mol. The quantitative estimate of drug-likeness (QED) is 0.368. The first-order valence-electron chi connectivity index (χ1n) is 8.68. The summed E-state index contributed by atoms with van der Waals surface area (Å²) < 4.78 is 11.0. The maximum atomic E-state index is 5.66. The molecule has 136 valence electrons. The molecule has 2 saturated heterocycles. The Labute approximate surface area is 165 Å². The Morgan fingerprint density at radius 2 is 2.25 bits per heavy atom. The van der Waals surface area contributed by atoms with E-state index >= 15 is 0 Å². The molecule has 0 amide bonds. The van der Waals surface area contributed by atoms with Crippen molar-refractivity contribution in [2.75, 3.05) is 32.0 Å². The lowest BCUT2D eigenvalue weighted by Gasteiger charge is -2.16. The van der Waals surface area contributed by atoms with Crippen LogP contribution in [0.5, 0.6) is 0 Å². The van der Waals surface area contributed by atoms with Crippen molar-refractivity contribution in [3.8, 4) is 0 Å². The number of thioether (sulfide) groups is 1. The fourth-order valence-corrected chi connectivity index (χ4v) is 4.13. The van der Waals surface area contributed by atoms with Gasteiger partial charge in [0, 0.05) is 31.4 Å². The molecule has 2 atom stereocenters. The van der Waals surface area contributed by atoms with Gasteiger partial charge in [-0.1, -0.05) is 0 Å². The number of ether oxygens (including phenoxy) is 1. The van der Waals surface area contributed by atoms with Gasteiger partial charge in [-0.3, -0.25) is 4.99 Å². The Kier molecular flexibility index (Phi) is 9.33. The molecule has 2 unspecified atom stereocenters. The van der Waals surface area contributed by atoms with Crippen molar-refractivity contribution in [3.05, 3.63) is 24.2 Å². The van der Waals surface area contributed by atoms with E-state index < -0.39 is 0 Å². The minimum absolute atomic E-state index is 0. The number of halogens is 1. The molecular weight excluding hydrogens is 437 g/mol. The third kappa shape index (κ3) is 6.84. The summed E-state index contributed by atoms with van der Waals surface area (Å²) in [5.74, 6) is 3.20. The zero-order chi connectivity index (χ0) is 15.7. The number of guanidine groups is 1. The number of nitrogens with zero attached hydrogens (tertiary/aromatic N) is 1. The molecule has 3 rings (SSSR count). The lowest BCUT2D eigenvalue weighted by atomic mass is 10.2. The normalized spacial score (nSPS) is 23.9. The van der Waals surface area contributed by atoms with Crippen LogP contribution in [-0.2, 0) is 11.2 Å². The van der Waals surface area contributed by atoms with Gasteiger partial charge in [0.15, 0.2) is 5.96 Å². The van der Waals surface area contributed by atoms with Crippen LogP contribution in [0, 0.1) is 0 Å². The van der Waals surface area contributed by atoms with Crippen molar-refractivity contribution in [1.29, 1.82) is 0 Å². The van der Waals surface area contributed by atoms with E-state index in [0.717, 1.165) is 62.5 Å². The first kappa shape index (κ1) is 19.9. The molecule has 2 N–H and O–H groups in total. The summed E-state index contributed by atoms with van der Waals surface area (Å²) in [6.07, 6.45) is 7.81. The maximum Gasteiger partial charge on any atom is 0.191 e. The van der Waals surface area contributed by atoms with E-state index in [9.17, 15) is 0 Å². The van der Waals surface area contributed by atoms with Crippen LogP contribution in [0.2, 0.25) is 0 Å². The van der Waals surface area contributed by atoms with Gasteiger partial charge in [0.1, 0.15) is 5.76 Å². The van der Waals surface area contributed by atoms with E-state index in [1.807, 2.05) is 12.1 Å². The van der Waals surface area contributed by atoms with Crippen LogP contribution in [-0.4, -0.2) is 49.3 Å². The van der Waals surface area contributed by atoms with Crippen molar-refractivity contribution in [2.45, 2.75) is 43.5 Å². The molecule has 0 saturated carbocycles. The first-order chi connectivity index (χ1) is 11.4. The van der Waals surface area contributed by atoms with E-state index in [1.165, 1.54) is 18.6 Å². The SMILES string of the molecule is I.c1coc(CCNC(=NCC2CCCO2)NCC2CCCS2)c1. The number of rotatable bonds is 7. The molecule has 0 spiro atoms. The van der Waals surface area contributed by atoms with Crippen LogP contribution in [0.4, 0.5) is 0 Å². The molecule has 0 aliphatic carbocycles. The largest absolute Gasteiger partial charge is 0.469 e. The second-order valence-corrected chi connectivity index (χ2v) is 7.50. The summed E-state index contributed by atoms with van der Waals surface area (Å²) in [6.45, 7) is 3.44. The van der Waals surface area contributed by atoms with Crippen molar-refractivity contribution in [3.63, 3.8) is 0 Å². The minimum Gasteiger partial charge on any atom is -0.469 e. The average Bonchev–Trinajstić information content (AvgIpc) is 3.33. The Hall–Kier alpha value is -0.410. The molecule has 5 nitrogen and oxygen atoms in total. The van der Waals surface area contributed by atoms with Crippen LogP contribution in [0.3, 0.4) is 0 Å². The summed E-state index contributed by atoms with van der Waals surface area (Å²) in [7, 11) is 0. The molecular formula is C17H28IN3O2S. The fourth-order valence-electron chi connectivity index (χ4n) is 2.93. The number of furan rings is 1. The molecule has 24 heavy (non-hydrogen) atoms. The van der Waals surface area contributed by atoms with E-state index in [4.69, 9.17) is 14.1 Å². The van der Waals surface area contributed by atoms with Crippen LogP contribution in [0.15, 0.2) is 27.8 Å². The van der Waals surface area contributed by atoms with Gasteiger partial charge in [0.2, 0.25) is 0 Å². The third-order valence-corrected chi connectivity index (χ3v) is 5.64. The second kappa shape index (κ2) is 11.3. The molecule has 0 radical (unpaired) electrons. The minimum atomic E-state index is 0. The van der Waals surface area contributed by atoms with E-state index in [1.54, 1.807) is 6.26 Å². The summed E-state index contributed by atoms with van der Waals surface area (Å²) in [6, 6.07) is 3.94. The lowest BCUT2D eigenvalue weighted by molar-refractivity contribution is 0.117. The highest BCUT2D eigenvalue weighted by Gasteiger charge is 2.17. The van der Waals surface area contributed by atoms with Crippen LogP contribution in [0.25, 0.3) is 0 Å². The van der Waals surface area contributed by atoms with Gasteiger partial charge in [-0.15, -0.1) is 24.0 Å². The molecule has 3 heterocycles. The highest BCUT2D eigenvalue weighted by Crippen LogP contribution is 2.25. The second-order valence-electron chi connectivity index (χ2n) is 6.10. The van der Waals surface area contributed by atoms with E-state index in [-0.39, 0.29) is 24.0 Å². The Bertz CT molecular complexity index is 472. The zero-order valence-electron chi connectivity index (χ0n) is 14.0. The van der Waals surface area contributed by atoms with Gasteiger partial charge in [-0.05, 0) is 43.6 Å². The number of aliphatic imine (C=N–C) groups is 1. The Morgan fingerprint density at radius 1 is 1.29 bits per heavy atom. The van der Waals surface area contributed by atoms with Gasteiger partial charge in [0.05, 0.1) is 18.9 Å². The van der Waals surface area contributed by atoms with Crippen molar-refractivity contribution >= 4 is 41.7 Å². The molecule has 2 fully saturated rings. The molecule has 0 aromatic carbocycles. The highest BCUT2D eigenvalue weighted by molar-refractivity contribution is 14.0. The zero-order valence-corrected chi connectivity index (χ0v) is 17.2. The van der Waals surface area contributed by atoms with Gasteiger partial charge in [-0.25, -0.2) is 0 Å². The molecule has 0 bridgehead atoms.